The van der Waals surface area contributed by atoms with E-state index in [1.807, 2.05) is 0 Å². The van der Waals surface area contributed by atoms with Crippen molar-refractivity contribution in [1.82, 2.24) is 0 Å². The van der Waals surface area contributed by atoms with E-state index in [0.717, 1.165) is 12.1 Å². The van der Waals surface area contributed by atoms with Crippen LogP contribution in [0.25, 0.3) is 6.08 Å². The number of nitro benzene ring substituents is 1. The number of nitrogens with zero attached hydrogens (tertiary/aromatic N) is 1. The molecule has 0 saturated heterocycles. The van der Waals surface area contributed by atoms with Gasteiger partial charge in [0, 0.05) is 18.2 Å². The molecule has 0 aliphatic rings. The van der Waals surface area contributed by atoms with Gasteiger partial charge in [0.15, 0.2) is 0 Å². The molecular formula is C13H8ClNO5. The molecule has 0 amide bonds. The first-order chi connectivity index (χ1) is 9.56. The van der Waals surface area contributed by atoms with Crippen molar-refractivity contribution in [1.29, 1.82) is 0 Å². The first-order valence-electron chi connectivity index (χ1n) is 5.43. The standard InChI is InChI=1S/C13H8ClNO5/c14-11-8-9(15(17)18)3-5-12(11)20-13(16)6-4-10-2-1-7-19-10/h1-8H/b6-4+. The van der Waals surface area contributed by atoms with Crippen molar-refractivity contribution in [2.45, 2.75) is 0 Å². The highest BCUT2D eigenvalue weighted by Crippen LogP contribution is 2.28. The van der Waals surface area contributed by atoms with Crippen molar-refractivity contribution >= 4 is 29.3 Å². The highest BCUT2D eigenvalue weighted by Gasteiger charge is 2.12. The molecule has 0 bridgehead atoms. The average molecular weight is 294 g/mol. The maximum atomic E-state index is 11.5. The fourth-order valence-electron chi connectivity index (χ4n) is 1.36. The van der Waals surface area contributed by atoms with Crippen molar-refractivity contribution in [2.75, 3.05) is 0 Å². The highest BCUT2D eigenvalue weighted by molar-refractivity contribution is 6.32. The molecule has 0 fully saturated rings. The molecule has 0 saturated carbocycles. The van der Waals surface area contributed by atoms with Gasteiger partial charge in [0.2, 0.25) is 0 Å². The van der Waals surface area contributed by atoms with Crippen LogP contribution in [0, 0.1) is 10.1 Å². The van der Waals surface area contributed by atoms with Gasteiger partial charge in [0.05, 0.1) is 16.2 Å². The van der Waals surface area contributed by atoms with Gasteiger partial charge in [-0.15, -0.1) is 0 Å². The number of halogens is 1. The Morgan fingerprint density at radius 3 is 2.80 bits per heavy atom. The molecule has 0 atom stereocenters. The predicted molar refractivity (Wildman–Crippen MR) is 71.5 cm³/mol. The van der Waals surface area contributed by atoms with Crippen molar-refractivity contribution in [3.05, 3.63) is 63.6 Å². The Morgan fingerprint density at radius 2 is 2.20 bits per heavy atom. The van der Waals surface area contributed by atoms with Crippen molar-refractivity contribution in [3.8, 4) is 5.75 Å². The van der Waals surface area contributed by atoms with Crippen LogP contribution in [0.4, 0.5) is 5.69 Å². The van der Waals surface area contributed by atoms with Gasteiger partial charge in [-0.2, -0.15) is 0 Å². The molecule has 2 aromatic rings. The highest BCUT2D eigenvalue weighted by atomic mass is 35.5. The van der Waals surface area contributed by atoms with E-state index in [4.69, 9.17) is 20.8 Å². The number of nitro groups is 1. The summed E-state index contributed by atoms with van der Waals surface area (Å²) in [5.74, 6) is -0.125. The fraction of sp³-hybridized carbons (Fsp3) is 0. The summed E-state index contributed by atoms with van der Waals surface area (Å²) in [6, 6.07) is 6.92. The van der Waals surface area contributed by atoms with Crippen molar-refractivity contribution in [3.63, 3.8) is 0 Å². The lowest BCUT2D eigenvalue weighted by atomic mass is 10.3. The minimum atomic E-state index is -0.669. The summed E-state index contributed by atoms with van der Waals surface area (Å²) in [5, 5.41) is 10.5. The molecule has 0 unspecified atom stereocenters. The van der Waals surface area contributed by atoms with Crippen molar-refractivity contribution in [2.24, 2.45) is 0 Å². The summed E-state index contributed by atoms with van der Waals surface area (Å²) >= 11 is 5.79. The summed E-state index contributed by atoms with van der Waals surface area (Å²) < 4.78 is 9.96. The second-order valence-corrected chi connectivity index (χ2v) is 4.05. The van der Waals surface area contributed by atoms with E-state index in [2.05, 4.69) is 0 Å². The van der Waals surface area contributed by atoms with E-state index in [1.165, 1.54) is 24.5 Å². The van der Waals surface area contributed by atoms with Gasteiger partial charge in [-0.05, 0) is 24.3 Å². The van der Waals surface area contributed by atoms with E-state index >= 15 is 0 Å². The number of esters is 1. The molecule has 2 rings (SSSR count). The van der Waals surface area contributed by atoms with Crippen LogP contribution in [0.2, 0.25) is 5.02 Å². The molecule has 1 aromatic heterocycles. The second-order valence-electron chi connectivity index (χ2n) is 3.64. The summed E-state index contributed by atoms with van der Waals surface area (Å²) in [4.78, 5) is 21.5. The zero-order valence-electron chi connectivity index (χ0n) is 9.99. The third kappa shape index (κ3) is 3.46. The van der Waals surface area contributed by atoms with Gasteiger partial charge in [-0.1, -0.05) is 11.6 Å². The van der Waals surface area contributed by atoms with E-state index < -0.39 is 10.9 Å². The van der Waals surface area contributed by atoms with Gasteiger partial charge < -0.3 is 9.15 Å². The number of ether oxygens (including phenoxy) is 1. The van der Waals surface area contributed by atoms with E-state index in [9.17, 15) is 14.9 Å². The minimum absolute atomic E-state index is 0.0149. The van der Waals surface area contributed by atoms with Crippen LogP contribution in [-0.2, 0) is 4.79 Å². The molecule has 1 heterocycles. The van der Waals surface area contributed by atoms with Crippen LogP contribution in [0.15, 0.2) is 47.1 Å². The first-order valence-corrected chi connectivity index (χ1v) is 5.81. The number of benzene rings is 1. The van der Waals surface area contributed by atoms with Crippen LogP contribution in [-0.4, -0.2) is 10.9 Å². The predicted octanol–water partition coefficient (Wildman–Crippen LogP) is 3.46. The van der Waals surface area contributed by atoms with Crippen LogP contribution in [0.5, 0.6) is 5.75 Å². The quantitative estimate of drug-likeness (QED) is 0.283. The maximum absolute atomic E-state index is 11.5. The summed E-state index contributed by atoms with van der Waals surface area (Å²) in [6.45, 7) is 0. The Balaban J connectivity index is 2.06. The summed E-state index contributed by atoms with van der Waals surface area (Å²) in [5.41, 5.74) is -0.180. The third-order valence-electron chi connectivity index (χ3n) is 2.26. The second kappa shape index (κ2) is 6.03. The van der Waals surface area contributed by atoms with Gasteiger partial charge in [-0.3, -0.25) is 10.1 Å². The number of hydrogen-bond donors (Lipinski definition) is 0. The van der Waals surface area contributed by atoms with E-state index in [-0.39, 0.29) is 16.5 Å². The van der Waals surface area contributed by atoms with Gasteiger partial charge in [0.1, 0.15) is 11.5 Å². The molecule has 20 heavy (non-hydrogen) atoms. The Bertz CT molecular complexity index is 663. The molecule has 0 N–H and O–H groups in total. The Labute approximate surface area is 118 Å². The van der Waals surface area contributed by atoms with Crippen molar-refractivity contribution < 1.29 is 18.9 Å². The van der Waals surface area contributed by atoms with Crippen LogP contribution < -0.4 is 4.74 Å². The Morgan fingerprint density at radius 1 is 1.40 bits per heavy atom. The smallest absolute Gasteiger partial charge is 0.336 e. The third-order valence-corrected chi connectivity index (χ3v) is 2.56. The number of carbonyl (C=O) groups is 1. The summed E-state index contributed by atoms with van der Waals surface area (Å²) in [6.07, 6.45) is 4.07. The molecular weight excluding hydrogens is 286 g/mol. The minimum Gasteiger partial charge on any atom is -0.465 e. The monoisotopic (exact) mass is 293 g/mol. The molecule has 102 valence electrons. The maximum Gasteiger partial charge on any atom is 0.336 e. The normalized spacial score (nSPS) is 10.7. The Kier molecular flexibility index (Phi) is 4.17. The lowest BCUT2D eigenvalue weighted by Gasteiger charge is -2.03. The lowest BCUT2D eigenvalue weighted by Crippen LogP contribution is -2.04. The topological polar surface area (TPSA) is 82.6 Å². The van der Waals surface area contributed by atoms with E-state index in [0.29, 0.717) is 5.76 Å². The molecule has 1 aromatic carbocycles. The molecule has 0 aliphatic heterocycles. The van der Waals surface area contributed by atoms with Gasteiger partial charge in [-0.25, -0.2) is 4.79 Å². The zero-order valence-corrected chi connectivity index (χ0v) is 10.7. The SMILES string of the molecule is O=C(/C=C/c1ccco1)Oc1ccc([N+](=O)[O-])cc1Cl. The fourth-order valence-corrected chi connectivity index (χ4v) is 1.58. The number of hydrogen-bond acceptors (Lipinski definition) is 5. The number of non-ortho nitro benzene ring substituents is 1. The zero-order chi connectivity index (χ0) is 14.5. The number of rotatable bonds is 4. The average Bonchev–Trinajstić information content (AvgIpc) is 2.91. The van der Waals surface area contributed by atoms with Crippen LogP contribution in [0.1, 0.15) is 5.76 Å². The van der Waals surface area contributed by atoms with Gasteiger partial charge in [0.25, 0.3) is 5.69 Å². The number of carbonyl (C=O) groups excluding carboxylic acids is 1. The lowest BCUT2D eigenvalue weighted by molar-refractivity contribution is -0.384. The molecule has 0 aliphatic carbocycles. The van der Waals surface area contributed by atoms with E-state index in [1.54, 1.807) is 12.1 Å². The van der Waals surface area contributed by atoms with Gasteiger partial charge >= 0.3 is 5.97 Å². The number of furan rings is 1. The molecule has 0 radical (unpaired) electrons. The largest absolute Gasteiger partial charge is 0.465 e. The Hall–Kier alpha value is -2.60. The first kappa shape index (κ1) is 13.8. The molecule has 0 spiro atoms. The van der Waals surface area contributed by atoms with Crippen LogP contribution >= 0.6 is 11.6 Å². The van der Waals surface area contributed by atoms with Crippen LogP contribution in [0.3, 0.4) is 0 Å². The molecule has 7 heteroatoms. The molecule has 6 nitrogen and oxygen atoms in total. The summed E-state index contributed by atoms with van der Waals surface area (Å²) in [7, 11) is 0.